The molecular formula is C17H12FN5O2. The van der Waals surface area contributed by atoms with Crippen LogP contribution in [0.2, 0.25) is 0 Å². The molecule has 0 fully saturated rings. The van der Waals surface area contributed by atoms with Gasteiger partial charge in [0.1, 0.15) is 17.9 Å². The molecule has 124 valence electrons. The lowest BCUT2D eigenvalue weighted by atomic mass is 10.1. The standard InChI is InChI=1S/C17H12FN5O2/c1-10-5-6-11(8-12(10)18)17-22-21-15(24-17)9-14-20-16(23-25-14)13-4-2-3-7-19-13/h2-8H,9H2,1H3. The number of nitrogens with zero attached hydrogens (tertiary/aromatic N) is 5. The summed E-state index contributed by atoms with van der Waals surface area (Å²) in [6, 6.07) is 10.2. The van der Waals surface area contributed by atoms with Gasteiger partial charge in [0.05, 0.1) is 0 Å². The van der Waals surface area contributed by atoms with E-state index in [1.54, 1.807) is 37.4 Å². The summed E-state index contributed by atoms with van der Waals surface area (Å²) < 4.78 is 24.4. The molecule has 0 aliphatic rings. The van der Waals surface area contributed by atoms with E-state index < -0.39 is 0 Å². The van der Waals surface area contributed by atoms with Gasteiger partial charge in [-0.1, -0.05) is 17.3 Å². The molecule has 0 N–H and O–H groups in total. The van der Waals surface area contributed by atoms with Crippen molar-refractivity contribution in [3.8, 4) is 23.0 Å². The van der Waals surface area contributed by atoms with Crippen molar-refractivity contribution in [2.75, 3.05) is 0 Å². The van der Waals surface area contributed by atoms with Crippen LogP contribution in [-0.4, -0.2) is 25.3 Å². The van der Waals surface area contributed by atoms with Crippen molar-refractivity contribution in [2.24, 2.45) is 0 Å². The van der Waals surface area contributed by atoms with Crippen molar-refractivity contribution in [1.29, 1.82) is 0 Å². The third-order valence-electron chi connectivity index (χ3n) is 3.55. The fraction of sp³-hybridized carbons (Fsp3) is 0.118. The van der Waals surface area contributed by atoms with Gasteiger partial charge in [-0.25, -0.2) is 4.39 Å². The summed E-state index contributed by atoms with van der Waals surface area (Å²) >= 11 is 0. The van der Waals surface area contributed by atoms with Crippen LogP contribution in [0.4, 0.5) is 4.39 Å². The van der Waals surface area contributed by atoms with Crippen molar-refractivity contribution >= 4 is 0 Å². The Bertz CT molecular complexity index is 1010. The summed E-state index contributed by atoms with van der Waals surface area (Å²) in [7, 11) is 0. The zero-order valence-corrected chi connectivity index (χ0v) is 13.2. The van der Waals surface area contributed by atoms with E-state index in [0.717, 1.165) is 0 Å². The van der Waals surface area contributed by atoms with Crippen LogP contribution in [0.5, 0.6) is 0 Å². The van der Waals surface area contributed by atoms with Gasteiger partial charge in [0.2, 0.25) is 23.5 Å². The van der Waals surface area contributed by atoms with Crippen molar-refractivity contribution < 1.29 is 13.3 Å². The molecule has 3 heterocycles. The monoisotopic (exact) mass is 337 g/mol. The Morgan fingerprint density at radius 3 is 2.80 bits per heavy atom. The van der Waals surface area contributed by atoms with Crippen molar-refractivity contribution in [3.05, 3.63) is 65.8 Å². The first kappa shape index (κ1) is 15.1. The Balaban J connectivity index is 1.53. The average Bonchev–Trinajstić information content (AvgIpc) is 3.28. The molecule has 4 rings (SSSR count). The first-order chi connectivity index (χ1) is 12.2. The summed E-state index contributed by atoms with van der Waals surface area (Å²) in [6.45, 7) is 1.69. The molecular weight excluding hydrogens is 325 g/mol. The highest BCUT2D eigenvalue weighted by atomic mass is 19.1. The van der Waals surface area contributed by atoms with Crippen molar-refractivity contribution in [2.45, 2.75) is 13.3 Å². The fourth-order valence-corrected chi connectivity index (χ4v) is 2.22. The molecule has 4 aromatic rings. The predicted molar refractivity (Wildman–Crippen MR) is 84.8 cm³/mol. The van der Waals surface area contributed by atoms with E-state index in [-0.39, 0.29) is 18.1 Å². The molecule has 0 saturated carbocycles. The first-order valence-corrected chi connectivity index (χ1v) is 7.52. The Hall–Kier alpha value is -3.42. The van der Waals surface area contributed by atoms with E-state index in [4.69, 9.17) is 8.94 Å². The zero-order chi connectivity index (χ0) is 17.2. The number of aryl methyl sites for hydroxylation is 1. The number of hydrogen-bond donors (Lipinski definition) is 0. The smallest absolute Gasteiger partial charge is 0.247 e. The molecule has 0 aliphatic heterocycles. The number of rotatable bonds is 4. The predicted octanol–water partition coefficient (Wildman–Crippen LogP) is 3.22. The molecule has 0 unspecified atom stereocenters. The average molecular weight is 337 g/mol. The summed E-state index contributed by atoms with van der Waals surface area (Å²) in [5.74, 6) is 0.918. The van der Waals surface area contributed by atoms with Gasteiger partial charge in [-0.15, -0.1) is 10.2 Å². The maximum Gasteiger partial charge on any atom is 0.247 e. The Morgan fingerprint density at radius 2 is 2.00 bits per heavy atom. The molecule has 1 aromatic carbocycles. The number of hydrogen-bond acceptors (Lipinski definition) is 7. The largest absolute Gasteiger partial charge is 0.420 e. The first-order valence-electron chi connectivity index (χ1n) is 7.52. The summed E-state index contributed by atoms with van der Waals surface area (Å²) in [5, 5.41) is 11.8. The third-order valence-corrected chi connectivity index (χ3v) is 3.55. The molecule has 25 heavy (non-hydrogen) atoms. The van der Waals surface area contributed by atoms with Crippen LogP contribution in [-0.2, 0) is 6.42 Å². The lowest BCUT2D eigenvalue weighted by Gasteiger charge is -1.97. The molecule has 8 heteroatoms. The number of pyridine rings is 1. The molecule has 0 radical (unpaired) electrons. The maximum atomic E-state index is 13.7. The third kappa shape index (κ3) is 3.14. The second-order valence-corrected chi connectivity index (χ2v) is 5.37. The second kappa shape index (κ2) is 6.23. The number of aromatic nitrogens is 5. The van der Waals surface area contributed by atoms with Crippen LogP contribution in [0.25, 0.3) is 23.0 Å². The minimum atomic E-state index is -0.325. The van der Waals surface area contributed by atoms with Crippen LogP contribution in [0.3, 0.4) is 0 Å². The number of benzene rings is 1. The van der Waals surface area contributed by atoms with Gasteiger partial charge in [-0.05, 0) is 36.8 Å². The fourth-order valence-electron chi connectivity index (χ4n) is 2.22. The van der Waals surface area contributed by atoms with Crippen LogP contribution in [0.1, 0.15) is 17.3 Å². The highest BCUT2D eigenvalue weighted by Crippen LogP contribution is 2.21. The number of halogens is 1. The van der Waals surface area contributed by atoms with Crippen LogP contribution < -0.4 is 0 Å². The summed E-state index contributed by atoms with van der Waals surface area (Å²) in [6.07, 6.45) is 1.83. The SMILES string of the molecule is Cc1ccc(-c2nnc(Cc3nc(-c4ccccn4)no3)o2)cc1F. The lowest BCUT2D eigenvalue weighted by molar-refractivity contribution is 0.373. The van der Waals surface area contributed by atoms with E-state index in [2.05, 4.69) is 25.3 Å². The van der Waals surface area contributed by atoms with Crippen molar-refractivity contribution in [1.82, 2.24) is 25.3 Å². The van der Waals surface area contributed by atoms with Gasteiger partial charge in [0.25, 0.3) is 0 Å². The lowest BCUT2D eigenvalue weighted by Crippen LogP contribution is -1.89. The molecule has 0 aliphatic carbocycles. The van der Waals surface area contributed by atoms with E-state index in [9.17, 15) is 4.39 Å². The van der Waals surface area contributed by atoms with E-state index in [1.165, 1.54) is 6.07 Å². The Morgan fingerprint density at radius 1 is 1.08 bits per heavy atom. The molecule has 0 amide bonds. The van der Waals surface area contributed by atoms with Gasteiger partial charge in [0, 0.05) is 11.8 Å². The highest BCUT2D eigenvalue weighted by Gasteiger charge is 2.15. The summed E-state index contributed by atoms with van der Waals surface area (Å²) in [5.41, 5.74) is 1.68. The molecule has 0 spiro atoms. The van der Waals surface area contributed by atoms with Gasteiger partial charge >= 0.3 is 0 Å². The van der Waals surface area contributed by atoms with E-state index >= 15 is 0 Å². The summed E-state index contributed by atoms with van der Waals surface area (Å²) in [4.78, 5) is 8.41. The Labute approximate surface area is 141 Å². The molecule has 0 atom stereocenters. The van der Waals surface area contributed by atoms with Crippen LogP contribution >= 0.6 is 0 Å². The molecule has 0 bridgehead atoms. The highest BCUT2D eigenvalue weighted by molar-refractivity contribution is 5.53. The van der Waals surface area contributed by atoms with Gasteiger partial charge in [-0.2, -0.15) is 4.98 Å². The Kier molecular flexibility index (Phi) is 3.77. The van der Waals surface area contributed by atoms with E-state index in [0.29, 0.717) is 34.4 Å². The second-order valence-electron chi connectivity index (χ2n) is 5.37. The topological polar surface area (TPSA) is 90.7 Å². The van der Waals surface area contributed by atoms with Gasteiger partial charge < -0.3 is 8.94 Å². The van der Waals surface area contributed by atoms with Gasteiger partial charge in [-0.3, -0.25) is 4.98 Å². The minimum Gasteiger partial charge on any atom is -0.420 e. The zero-order valence-electron chi connectivity index (χ0n) is 13.2. The quantitative estimate of drug-likeness (QED) is 0.564. The maximum absolute atomic E-state index is 13.7. The molecule has 3 aromatic heterocycles. The minimum absolute atomic E-state index is 0.182. The molecule has 0 saturated heterocycles. The molecule has 7 nitrogen and oxygen atoms in total. The normalized spacial score (nSPS) is 11.0. The van der Waals surface area contributed by atoms with Crippen LogP contribution in [0.15, 0.2) is 51.5 Å². The van der Waals surface area contributed by atoms with Gasteiger partial charge in [0.15, 0.2) is 0 Å². The van der Waals surface area contributed by atoms with E-state index in [1.807, 2.05) is 6.07 Å². The van der Waals surface area contributed by atoms with Crippen molar-refractivity contribution in [3.63, 3.8) is 0 Å². The van der Waals surface area contributed by atoms with Crippen LogP contribution in [0, 0.1) is 12.7 Å².